The van der Waals surface area contributed by atoms with Crippen LogP contribution >= 0.6 is 0 Å². The Bertz CT molecular complexity index is 1670. The van der Waals surface area contributed by atoms with Gasteiger partial charge in [0, 0.05) is 23.2 Å². The van der Waals surface area contributed by atoms with E-state index in [9.17, 15) is 8.42 Å². The summed E-state index contributed by atoms with van der Waals surface area (Å²) in [5.41, 5.74) is 3.42. The number of hydrogen-bond donors (Lipinski definition) is 1. The van der Waals surface area contributed by atoms with Gasteiger partial charge in [-0.1, -0.05) is 35.9 Å². The van der Waals surface area contributed by atoms with Crippen LogP contribution in [0, 0.1) is 25.5 Å². The molecule has 2 heterocycles. The number of rotatable bonds is 8. The second kappa shape index (κ2) is 11.8. The summed E-state index contributed by atoms with van der Waals surface area (Å²) < 4.78 is 55.9. The molecule has 10 heteroatoms. The lowest BCUT2D eigenvalue weighted by atomic mass is 9.91. The number of aromatic nitrogens is 3. The second-order valence-corrected chi connectivity index (χ2v) is 13.3. The minimum atomic E-state index is -3.72. The SMILES string of the molecule is Cc1ccc(CS(=O)(=O)Cc2ccc(-c3cc(C)c4nc(NC5CCC(N(C)C)CC5)ncc4n3)c(F)c2F)cc1. The van der Waals surface area contributed by atoms with E-state index < -0.39 is 27.2 Å². The molecule has 2 aromatic carbocycles. The maximum absolute atomic E-state index is 15.3. The monoisotopic (exact) mass is 579 g/mol. The Morgan fingerprint density at radius 3 is 2.32 bits per heavy atom. The molecular formula is C31H35F2N5O2S. The third kappa shape index (κ3) is 6.70. The topological polar surface area (TPSA) is 88.1 Å². The number of sulfone groups is 1. The summed E-state index contributed by atoms with van der Waals surface area (Å²) in [7, 11) is 0.504. The molecule has 216 valence electrons. The molecule has 0 bridgehead atoms. The highest BCUT2D eigenvalue weighted by molar-refractivity contribution is 7.89. The van der Waals surface area contributed by atoms with Crippen LogP contribution in [0.1, 0.15) is 47.9 Å². The largest absolute Gasteiger partial charge is 0.351 e. The van der Waals surface area contributed by atoms with Gasteiger partial charge in [0.15, 0.2) is 21.5 Å². The van der Waals surface area contributed by atoms with Gasteiger partial charge in [0.05, 0.1) is 28.9 Å². The van der Waals surface area contributed by atoms with Crippen LogP contribution in [0.4, 0.5) is 14.7 Å². The zero-order valence-electron chi connectivity index (χ0n) is 23.8. The van der Waals surface area contributed by atoms with E-state index in [1.807, 2.05) is 26.0 Å². The lowest BCUT2D eigenvalue weighted by Gasteiger charge is -2.32. The van der Waals surface area contributed by atoms with Crippen molar-refractivity contribution in [1.29, 1.82) is 0 Å². The smallest absolute Gasteiger partial charge is 0.223 e. The number of benzene rings is 2. The van der Waals surface area contributed by atoms with Gasteiger partial charge in [-0.3, -0.25) is 0 Å². The molecule has 2 aromatic heterocycles. The molecule has 7 nitrogen and oxygen atoms in total. The van der Waals surface area contributed by atoms with Gasteiger partial charge in [-0.25, -0.2) is 32.2 Å². The number of fused-ring (bicyclic) bond motifs is 1. The molecule has 0 spiro atoms. The van der Waals surface area contributed by atoms with Gasteiger partial charge >= 0.3 is 0 Å². The fourth-order valence-corrected chi connectivity index (χ4v) is 6.93. The molecule has 0 atom stereocenters. The van der Waals surface area contributed by atoms with Crippen molar-refractivity contribution < 1.29 is 17.2 Å². The Hall–Kier alpha value is -3.50. The molecule has 1 fully saturated rings. The number of nitrogens with zero attached hydrogens (tertiary/aromatic N) is 4. The van der Waals surface area contributed by atoms with Gasteiger partial charge in [0.25, 0.3) is 0 Å². The van der Waals surface area contributed by atoms with Crippen molar-refractivity contribution in [3.63, 3.8) is 0 Å². The van der Waals surface area contributed by atoms with Crippen molar-refractivity contribution in [2.75, 3.05) is 19.4 Å². The van der Waals surface area contributed by atoms with E-state index >= 15 is 8.78 Å². The number of halogens is 2. The molecule has 1 saturated carbocycles. The van der Waals surface area contributed by atoms with Crippen LogP contribution in [0.5, 0.6) is 0 Å². The number of nitrogens with one attached hydrogen (secondary N) is 1. The Balaban J connectivity index is 1.34. The molecule has 5 rings (SSSR count). The molecule has 0 radical (unpaired) electrons. The van der Waals surface area contributed by atoms with Gasteiger partial charge < -0.3 is 10.2 Å². The third-order valence-corrected chi connectivity index (χ3v) is 9.34. The molecule has 1 N–H and O–H groups in total. The minimum Gasteiger partial charge on any atom is -0.351 e. The van der Waals surface area contributed by atoms with Crippen LogP contribution < -0.4 is 5.32 Å². The summed E-state index contributed by atoms with van der Waals surface area (Å²) in [6.07, 6.45) is 5.89. The summed E-state index contributed by atoms with van der Waals surface area (Å²) in [6, 6.07) is 12.3. The van der Waals surface area contributed by atoms with Crippen molar-refractivity contribution in [1.82, 2.24) is 19.9 Å². The molecule has 4 aromatic rings. The van der Waals surface area contributed by atoms with Crippen molar-refractivity contribution in [2.24, 2.45) is 0 Å². The van der Waals surface area contributed by atoms with Crippen molar-refractivity contribution >= 4 is 26.8 Å². The van der Waals surface area contributed by atoms with Crippen LogP contribution in [-0.4, -0.2) is 54.4 Å². The number of aryl methyl sites for hydroxylation is 2. The van der Waals surface area contributed by atoms with E-state index in [4.69, 9.17) is 0 Å². The quantitative estimate of drug-likeness (QED) is 0.275. The zero-order valence-corrected chi connectivity index (χ0v) is 24.6. The highest BCUT2D eigenvalue weighted by atomic mass is 32.2. The Kier molecular flexibility index (Phi) is 8.33. The first kappa shape index (κ1) is 29.0. The fraction of sp³-hybridized carbons (Fsp3) is 0.387. The molecule has 0 aliphatic heterocycles. The van der Waals surface area contributed by atoms with Gasteiger partial charge in [0.1, 0.15) is 5.52 Å². The van der Waals surface area contributed by atoms with Crippen LogP contribution in [-0.2, 0) is 21.3 Å². The maximum Gasteiger partial charge on any atom is 0.223 e. The first-order valence-electron chi connectivity index (χ1n) is 13.8. The van der Waals surface area contributed by atoms with E-state index in [2.05, 4.69) is 39.3 Å². The van der Waals surface area contributed by atoms with Gasteiger partial charge in [0.2, 0.25) is 5.95 Å². The van der Waals surface area contributed by atoms with Crippen molar-refractivity contribution in [3.8, 4) is 11.3 Å². The molecule has 0 unspecified atom stereocenters. The van der Waals surface area contributed by atoms with Gasteiger partial charge in [-0.2, -0.15) is 0 Å². The van der Waals surface area contributed by atoms with Crippen LogP contribution in [0.15, 0.2) is 48.7 Å². The normalized spacial score (nSPS) is 17.7. The first-order chi connectivity index (χ1) is 19.5. The summed E-state index contributed by atoms with van der Waals surface area (Å²) in [5, 5.41) is 3.44. The molecule has 41 heavy (non-hydrogen) atoms. The molecule has 0 amide bonds. The second-order valence-electron chi connectivity index (χ2n) is 11.3. The van der Waals surface area contributed by atoms with Gasteiger partial charge in [-0.15, -0.1) is 0 Å². The minimum absolute atomic E-state index is 0.0490. The van der Waals surface area contributed by atoms with Crippen LogP contribution in [0.25, 0.3) is 22.3 Å². The molecule has 1 aliphatic rings. The van der Waals surface area contributed by atoms with E-state index in [0.29, 0.717) is 34.6 Å². The van der Waals surface area contributed by atoms with E-state index in [-0.39, 0.29) is 22.6 Å². The summed E-state index contributed by atoms with van der Waals surface area (Å²) >= 11 is 0. The average molecular weight is 580 g/mol. The average Bonchev–Trinajstić information content (AvgIpc) is 2.93. The summed E-state index contributed by atoms with van der Waals surface area (Å²) in [5.74, 6) is -2.65. The Morgan fingerprint density at radius 2 is 1.63 bits per heavy atom. The fourth-order valence-electron chi connectivity index (χ4n) is 5.43. The van der Waals surface area contributed by atoms with E-state index in [1.54, 1.807) is 24.4 Å². The van der Waals surface area contributed by atoms with Crippen LogP contribution in [0.2, 0.25) is 0 Å². The predicted molar refractivity (Wildman–Crippen MR) is 158 cm³/mol. The third-order valence-electron chi connectivity index (χ3n) is 7.82. The maximum atomic E-state index is 15.3. The highest BCUT2D eigenvalue weighted by Crippen LogP contribution is 2.30. The predicted octanol–water partition coefficient (Wildman–Crippen LogP) is 5.99. The van der Waals surface area contributed by atoms with Crippen molar-refractivity contribution in [3.05, 3.63) is 82.5 Å². The molecule has 1 aliphatic carbocycles. The van der Waals surface area contributed by atoms with E-state index in [0.717, 1.165) is 36.8 Å². The number of hydrogen-bond acceptors (Lipinski definition) is 7. The Morgan fingerprint density at radius 1 is 0.927 bits per heavy atom. The van der Waals surface area contributed by atoms with Crippen LogP contribution in [0.3, 0.4) is 0 Å². The lowest BCUT2D eigenvalue weighted by Crippen LogP contribution is -2.36. The summed E-state index contributed by atoms with van der Waals surface area (Å²) in [6.45, 7) is 3.75. The lowest BCUT2D eigenvalue weighted by molar-refractivity contribution is 0.221. The number of anilines is 1. The van der Waals surface area contributed by atoms with E-state index in [1.165, 1.54) is 12.1 Å². The molecular weight excluding hydrogens is 544 g/mol. The zero-order chi connectivity index (χ0) is 29.3. The Labute approximate surface area is 240 Å². The molecule has 0 saturated heterocycles. The highest BCUT2D eigenvalue weighted by Gasteiger charge is 2.24. The first-order valence-corrected chi connectivity index (χ1v) is 15.6. The summed E-state index contributed by atoms with van der Waals surface area (Å²) in [4.78, 5) is 15.9. The number of pyridine rings is 1. The van der Waals surface area contributed by atoms with Crippen molar-refractivity contribution in [2.45, 2.75) is 63.1 Å². The van der Waals surface area contributed by atoms with Gasteiger partial charge in [-0.05, 0) is 76.9 Å². The standard InChI is InChI=1S/C31H35F2N5O2S/c1-19-5-7-21(8-6-19)17-41(39,40)18-22-9-14-25(29(33)28(22)32)26-15-20(2)30-27(36-26)16-34-31(37-30)35-23-10-12-24(13-11-23)38(3)4/h5-9,14-16,23-24H,10-13,17-18H2,1-4H3,(H,34,35,37).